The summed E-state index contributed by atoms with van der Waals surface area (Å²) in [5.74, 6) is -3.05. The van der Waals surface area contributed by atoms with Crippen LogP contribution in [0.25, 0.3) is 10.9 Å². The highest BCUT2D eigenvalue weighted by molar-refractivity contribution is 7.89. The lowest BCUT2D eigenvalue weighted by Crippen LogP contribution is -2.52. The topological polar surface area (TPSA) is 160 Å². The molecule has 2 N–H and O–H groups in total. The number of rotatable bonds is 7. The number of aryl methyl sites for hydroxylation is 1. The van der Waals surface area contributed by atoms with Crippen LogP contribution in [-0.2, 0) is 24.3 Å². The van der Waals surface area contributed by atoms with E-state index in [0.29, 0.717) is 24.1 Å². The van der Waals surface area contributed by atoms with Crippen molar-refractivity contribution in [1.29, 1.82) is 0 Å². The van der Waals surface area contributed by atoms with Gasteiger partial charge in [0.2, 0.25) is 10.0 Å². The zero-order valence-corrected chi connectivity index (χ0v) is 19.4. The SMILES string of the molecule is CC(=O)OCCN1C(=O)c2c(C)nc3ccc(S(=O)(=O)NC4(C(=O)O)CCCC4)cc3c2C1=O. The van der Waals surface area contributed by atoms with Gasteiger partial charge in [0.1, 0.15) is 12.1 Å². The van der Waals surface area contributed by atoms with E-state index >= 15 is 0 Å². The van der Waals surface area contributed by atoms with Crippen molar-refractivity contribution in [2.75, 3.05) is 13.2 Å². The van der Waals surface area contributed by atoms with Crippen LogP contribution in [0.3, 0.4) is 0 Å². The minimum atomic E-state index is -4.26. The van der Waals surface area contributed by atoms with Gasteiger partial charge in [0.15, 0.2) is 0 Å². The molecule has 1 saturated carbocycles. The molecule has 2 aliphatic rings. The van der Waals surface area contributed by atoms with Crippen LogP contribution in [0.2, 0.25) is 0 Å². The summed E-state index contributed by atoms with van der Waals surface area (Å²) in [5, 5.41) is 9.81. The van der Waals surface area contributed by atoms with Gasteiger partial charge in [-0.05, 0) is 38.0 Å². The third-order valence-electron chi connectivity index (χ3n) is 6.18. The molecule has 0 bridgehead atoms. The first-order valence-corrected chi connectivity index (χ1v) is 12.2. The van der Waals surface area contributed by atoms with Gasteiger partial charge in [-0.15, -0.1) is 0 Å². The molecular formula is C22H23N3O8S. The van der Waals surface area contributed by atoms with E-state index in [1.807, 2.05) is 0 Å². The molecule has 0 unspecified atom stereocenters. The van der Waals surface area contributed by atoms with Gasteiger partial charge >= 0.3 is 11.9 Å². The predicted octanol–water partition coefficient (Wildman–Crippen LogP) is 1.38. The van der Waals surface area contributed by atoms with Crippen molar-refractivity contribution >= 4 is 44.7 Å². The van der Waals surface area contributed by atoms with Crippen LogP contribution in [0.4, 0.5) is 0 Å². The van der Waals surface area contributed by atoms with Crippen LogP contribution in [0, 0.1) is 6.92 Å². The van der Waals surface area contributed by atoms with Gasteiger partial charge in [0.05, 0.1) is 33.8 Å². The summed E-state index contributed by atoms with van der Waals surface area (Å²) >= 11 is 0. The number of esters is 1. The van der Waals surface area contributed by atoms with E-state index in [1.165, 1.54) is 25.1 Å². The highest BCUT2D eigenvalue weighted by Crippen LogP contribution is 2.34. The predicted molar refractivity (Wildman–Crippen MR) is 118 cm³/mol. The average Bonchev–Trinajstić information content (AvgIpc) is 3.32. The van der Waals surface area contributed by atoms with Crippen LogP contribution in [-0.4, -0.2) is 65.9 Å². The number of imide groups is 1. The van der Waals surface area contributed by atoms with E-state index in [1.54, 1.807) is 6.92 Å². The Hall–Kier alpha value is -3.38. The number of sulfonamides is 1. The average molecular weight is 490 g/mol. The molecule has 1 aliphatic heterocycles. The number of carboxylic acid groups (broad SMARTS) is 1. The summed E-state index contributed by atoms with van der Waals surface area (Å²) in [4.78, 5) is 53.9. The first-order valence-electron chi connectivity index (χ1n) is 10.7. The zero-order chi connectivity index (χ0) is 24.8. The van der Waals surface area contributed by atoms with Crippen molar-refractivity contribution in [3.63, 3.8) is 0 Å². The minimum absolute atomic E-state index is 0.0150. The monoisotopic (exact) mass is 489 g/mol. The number of hydrogen-bond donors (Lipinski definition) is 2. The number of aliphatic carboxylic acids is 1. The molecule has 0 spiro atoms. The Balaban J connectivity index is 1.76. The largest absolute Gasteiger partial charge is 0.480 e. The van der Waals surface area contributed by atoms with Crippen molar-refractivity contribution < 1.29 is 37.4 Å². The van der Waals surface area contributed by atoms with Gasteiger partial charge in [-0.1, -0.05) is 12.8 Å². The summed E-state index contributed by atoms with van der Waals surface area (Å²) in [7, 11) is -4.26. The number of ether oxygens (including phenoxy) is 1. The van der Waals surface area contributed by atoms with Gasteiger partial charge < -0.3 is 9.84 Å². The molecule has 2 aromatic rings. The van der Waals surface area contributed by atoms with Gasteiger partial charge in [0, 0.05) is 12.3 Å². The smallest absolute Gasteiger partial charge is 0.324 e. The number of carbonyl (C=O) groups is 4. The van der Waals surface area contributed by atoms with E-state index in [-0.39, 0.29) is 47.4 Å². The number of benzene rings is 1. The summed E-state index contributed by atoms with van der Waals surface area (Å²) in [6.45, 7) is 2.45. The maximum atomic E-state index is 13.1. The third-order valence-corrected chi connectivity index (χ3v) is 7.72. The molecule has 2 amide bonds. The Kier molecular flexibility index (Phi) is 5.90. The molecule has 0 atom stereocenters. The van der Waals surface area contributed by atoms with Gasteiger partial charge in [0.25, 0.3) is 11.8 Å². The Bertz CT molecular complexity index is 1350. The van der Waals surface area contributed by atoms with Crippen LogP contribution >= 0.6 is 0 Å². The lowest BCUT2D eigenvalue weighted by molar-refractivity contribution is -0.144. The third kappa shape index (κ3) is 3.92. The summed E-state index contributed by atoms with van der Waals surface area (Å²) in [6.07, 6.45) is 1.53. The Labute approximate surface area is 195 Å². The second kappa shape index (κ2) is 8.44. The number of nitrogens with one attached hydrogen (secondary N) is 1. The second-order valence-corrected chi connectivity index (χ2v) is 10.1. The minimum Gasteiger partial charge on any atom is -0.480 e. The molecule has 180 valence electrons. The van der Waals surface area contributed by atoms with Crippen molar-refractivity contribution in [3.05, 3.63) is 35.0 Å². The van der Waals surface area contributed by atoms with Crippen LogP contribution in [0.15, 0.2) is 23.1 Å². The maximum Gasteiger partial charge on any atom is 0.324 e. The fraction of sp³-hybridized carbons (Fsp3) is 0.409. The first kappa shape index (κ1) is 23.8. The Morgan fingerprint density at radius 1 is 1.18 bits per heavy atom. The molecular weight excluding hydrogens is 466 g/mol. The Morgan fingerprint density at radius 2 is 1.82 bits per heavy atom. The summed E-state index contributed by atoms with van der Waals surface area (Å²) in [6, 6.07) is 3.93. The maximum absolute atomic E-state index is 13.1. The Morgan fingerprint density at radius 3 is 2.44 bits per heavy atom. The molecule has 1 aromatic carbocycles. The lowest BCUT2D eigenvalue weighted by atomic mass is 10.0. The number of pyridine rings is 1. The quantitative estimate of drug-likeness (QED) is 0.432. The number of hydrogen-bond acceptors (Lipinski definition) is 8. The number of aromatic nitrogens is 1. The second-order valence-electron chi connectivity index (χ2n) is 8.43. The van der Waals surface area contributed by atoms with Crippen LogP contribution in [0.1, 0.15) is 59.0 Å². The highest BCUT2D eigenvalue weighted by atomic mass is 32.2. The lowest BCUT2D eigenvalue weighted by Gasteiger charge is -2.25. The van der Waals surface area contributed by atoms with E-state index < -0.39 is 39.3 Å². The van der Waals surface area contributed by atoms with Gasteiger partial charge in [-0.25, -0.2) is 8.42 Å². The normalized spacial score (nSPS) is 17.3. The molecule has 4 rings (SSSR count). The number of fused-ring (bicyclic) bond motifs is 3. The fourth-order valence-corrected chi connectivity index (χ4v) is 5.96. The zero-order valence-electron chi connectivity index (χ0n) is 18.6. The summed E-state index contributed by atoms with van der Waals surface area (Å²) < 4.78 is 33.4. The molecule has 2 heterocycles. The summed E-state index contributed by atoms with van der Waals surface area (Å²) in [5.41, 5.74) is -0.894. The molecule has 1 aromatic heterocycles. The van der Waals surface area contributed by atoms with Crippen molar-refractivity contribution in [2.24, 2.45) is 0 Å². The number of carboxylic acids is 1. The van der Waals surface area contributed by atoms with Crippen molar-refractivity contribution in [3.8, 4) is 0 Å². The molecule has 11 nitrogen and oxygen atoms in total. The van der Waals surface area contributed by atoms with Gasteiger partial charge in [-0.3, -0.25) is 29.1 Å². The van der Waals surface area contributed by atoms with E-state index in [9.17, 15) is 32.7 Å². The molecule has 0 radical (unpaired) electrons. The molecule has 12 heteroatoms. The van der Waals surface area contributed by atoms with Crippen molar-refractivity contribution in [1.82, 2.24) is 14.6 Å². The van der Waals surface area contributed by atoms with Crippen LogP contribution < -0.4 is 4.72 Å². The first-order chi connectivity index (χ1) is 16.0. The highest BCUT2D eigenvalue weighted by Gasteiger charge is 2.45. The standard InChI is InChI=1S/C22H23N3O8S/c1-12-17-18(20(28)25(19(17)27)9-10-33-13(2)26)15-11-14(5-6-16(15)23-12)34(31,32)24-22(21(29)30)7-3-4-8-22/h5-6,11,24H,3-4,7-10H2,1-2H3,(H,29,30). The fourth-order valence-electron chi connectivity index (χ4n) is 4.52. The van der Waals surface area contributed by atoms with E-state index in [4.69, 9.17) is 4.74 Å². The molecule has 34 heavy (non-hydrogen) atoms. The van der Waals surface area contributed by atoms with Crippen molar-refractivity contribution in [2.45, 2.75) is 50.0 Å². The van der Waals surface area contributed by atoms with Gasteiger partial charge in [-0.2, -0.15) is 4.72 Å². The molecule has 1 fully saturated rings. The number of amides is 2. The van der Waals surface area contributed by atoms with Crippen LogP contribution in [0.5, 0.6) is 0 Å². The van der Waals surface area contributed by atoms with E-state index in [2.05, 4.69) is 9.71 Å². The molecule has 0 saturated heterocycles. The number of carbonyl (C=O) groups excluding carboxylic acids is 3. The molecule has 1 aliphatic carbocycles. The van der Waals surface area contributed by atoms with E-state index in [0.717, 1.165) is 4.90 Å². The number of nitrogens with zero attached hydrogens (tertiary/aromatic N) is 2.